The van der Waals surface area contributed by atoms with E-state index < -0.39 is 0 Å². The van der Waals surface area contributed by atoms with E-state index in [0.29, 0.717) is 6.04 Å². The monoisotopic (exact) mass is 346 g/mol. The number of nitrogens with one attached hydrogen (secondary N) is 1. The van der Waals surface area contributed by atoms with E-state index in [0.717, 1.165) is 29.9 Å². The number of likely N-dealkylation sites (tertiary alicyclic amines) is 1. The van der Waals surface area contributed by atoms with Gasteiger partial charge in [-0.25, -0.2) is 9.97 Å². The molecule has 0 saturated carbocycles. The van der Waals surface area contributed by atoms with Crippen molar-refractivity contribution >= 4 is 21.7 Å². The van der Waals surface area contributed by atoms with Crippen molar-refractivity contribution in [2.45, 2.75) is 25.4 Å². The molecule has 21 heavy (non-hydrogen) atoms. The van der Waals surface area contributed by atoms with Crippen LogP contribution in [0.15, 0.2) is 47.3 Å². The third-order valence-electron chi connectivity index (χ3n) is 3.76. The van der Waals surface area contributed by atoms with Crippen LogP contribution in [0.1, 0.15) is 18.4 Å². The Balaban J connectivity index is 1.57. The van der Waals surface area contributed by atoms with Crippen LogP contribution in [0.5, 0.6) is 0 Å². The van der Waals surface area contributed by atoms with E-state index in [-0.39, 0.29) is 0 Å². The van der Waals surface area contributed by atoms with Crippen molar-refractivity contribution in [3.63, 3.8) is 0 Å². The molecule has 2 heterocycles. The third kappa shape index (κ3) is 4.25. The average Bonchev–Trinajstić information content (AvgIpc) is 2.51. The lowest BCUT2D eigenvalue weighted by Crippen LogP contribution is -2.41. The summed E-state index contributed by atoms with van der Waals surface area (Å²) >= 11 is 3.48. The molecule has 1 N–H and O–H groups in total. The molecule has 1 fully saturated rings. The minimum absolute atomic E-state index is 0.462. The molecule has 2 aromatic rings. The highest BCUT2D eigenvalue weighted by Gasteiger charge is 2.20. The van der Waals surface area contributed by atoms with E-state index in [2.05, 4.69) is 60.4 Å². The first-order valence-electron chi connectivity index (χ1n) is 7.29. The molecule has 110 valence electrons. The zero-order valence-corrected chi connectivity index (χ0v) is 13.5. The summed E-state index contributed by atoms with van der Waals surface area (Å²) in [6, 6.07) is 11.0. The van der Waals surface area contributed by atoms with Crippen LogP contribution in [0.25, 0.3) is 0 Å². The topological polar surface area (TPSA) is 41.0 Å². The predicted molar refractivity (Wildman–Crippen MR) is 88.1 cm³/mol. The number of nitrogens with zero attached hydrogens (tertiary/aromatic N) is 3. The van der Waals surface area contributed by atoms with E-state index in [4.69, 9.17) is 0 Å². The molecular weight excluding hydrogens is 328 g/mol. The van der Waals surface area contributed by atoms with E-state index in [1.165, 1.54) is 18.4 Å². The molecular formula is C16H19BrN4. The first-order chi connectivity index (χ1) is 10.3. The Kier molecular flexibility index (Phi) is 4.83. The number of aromatic nitrogens is 2. The summed E-state index contributed by atoms with van der Waals surface area (Å²) in [5.74, 6) is 0.917. The highest BCUT2D eigenvalue weighted by Crippen LogP contribution is 2.18. The van der Waals surface area contributed by atoms with Gasteiger partial charge in [-0.2, -0.15) is 0 Å². The van der Waals surface area contributed by atoms with Crippen LogP contribution < -0.4 is 5.32 Å². The summed E-state index contributed by atoms with van der Waals surface area (Å²) in [7, 11) is 0. The highest BCUT2D eigenvalue weighted by molar-refractivity contribution is 9.10. The van der Waals surface area contributed by atoms with Gasteiger partial charge in [-0.1, -0.05) is 28.1 Å². The molecule has 3 rings (SSSR count). The standard InChI is InChI=1S/C16H19BrN4/c17-14-5-3-13(4-6-14)10-21-9-1-2-15(11-21)20-16-7-8-18-12-19-16/h3-8,12,15H,1-2,9-11H2,(H,18,19,20). The fourth-order valence-electron chi connectivity index (χ4n) is 2.75. The second kappa shape index (κ2) is 7.00. The second-order valence-corrected chi connectivity index (χ2v) is 6.36. The molecule has 1 saturated heterocycles. The SMILES string of the molecule is Brc1ccc(CN2CCCC(Nc3ccncn3)C2)cc1. The molecule has 1 atom stereocenters. The Morgan fingerprint density at radius 3 is 2.86 bits per heavy atom. The number of anilines is 1. The molecule has 0 bridgehead atoms. The largest absolute Gasteiger partial charge is 0.366 e. The van der Waals surface area contributed by atoms with Crippen molar-refractivity contribution < 1.29 is 0 Å². The minimum Gasteiger partial charge on any atom is -0.366 e. The lowest BCUT2D eigenvalue weighted by atomic mass is 10.0. The first-order valence-corrected chi connectivity index (χ1v) is 8.08. The van der Waals surface area contributed by atoms with Crippen LogP contribution >= 0.6 is 15.9 Å². The number of benzene rings is 1. The van der Waals surface area contributed by atoms with Crippen LogP contribution in [0, 0.1) is 0 Å². The van der Waals surface area contributed by atoms with Crippen molar-refractivity contribution in [3.8, 4) is 0 Å². The maximum atomic E-state index is 4.25. The van der Waals surface area contributed by atoms with Gasteiger partial charge in [0.1, 0.15) is 12.1 Å². The van der Waals surface area contributed by atoms with E-state index in [1.807, 2.05) is 6.07 Å². The maximum Gasteiger partial charge on any atom is 0.129 e. The molecule has 0 spiro atoms. The summed E-state index contributed by atoms with van der Waals surface area (Å²) < 4.78 is 1.13. The molecule has 1 aliphatic heterocycles. The molecule has 0 aliphatic carbocycles. The zero-order valence-electron chi connectivity index (χ0n) is 11.9. The molecule has 1 aromatic carbocycles. The minimum atomic E-state index is 0.462. The Labute approximate surface area is 133 Å². The number of piperidine rings is 1. The number of rotatable bonds is 4. The van der Waals surface area contributed by atoms with Crippen LogP contribution in [0.4, 0.5) is 5.82 Å². The summed E-state index contributed by atoms with van der Waals surface area (Å²) in [5, 5.41) is 3.51. The average molecular weight is 347 g/mol. The van der Waals surface area contributed by atoms with Gasteiger partial charge in [-0.05, 0) is 43.1 Å². The summed E-state index contributed by atoms with van der Waals surface area (Å²) in [4.78, 5) is 10.7. The van der Waals surface area contributed by atoms with E-state index >= 15 is 0 Å². The van der Waals surface area contributed by atoms with Crippen LogP contribution in [0.3, 0.4) is 0 Å². The van der Waals surface area contributed by atoms with Crippen molar-refractivity contribution in [3.05, 3.63) is 52.9 Å². The van der Waals surface area contributed by atoms with Crippen molar-refractivity contribution in [1.82, 2.24) is 14.9 Å². The smallest absolute Gasteiger partial charge is 0.129 e. The summed E-state index contributed by atoms with van der Waals surface area (Å²) in [5.41, 5.74) is 1.36. The quantitative estimate of drug-likeness (QED) is 0.921. The van der Waals surface area contributed by atoms with Gasteiger partial charge >= 0.3 is 0 Å². The highest BCUT2D eigenvalue weighted by atomic mass is 79.9. The van der Waals surface area contributed by atoms with E-state index in [9.17, 15) is 0 Å². The number of hydrogen-bond donors (Lipinski definition) is 1. The van der Waals surface area contributed by atoms with Gasteiger partial charge in [-0.15, -0.1) is 0 Å². The van der Waals surface area contributed by atoms with Gasteiger partial charge in [0.05, 0.1) is 0 Å². The fourth-order valence-corrected chi connectivity index (χ4v) is 3.01. The number of halogens is 1. The van der Waals surface area contributed by atoms with Crippen molar-refractivity contribution in [2.24, 2.45) is 0 Å². The molecule has 1 aromatic heterocycles. The van der Waals surface area contributed by atoms with Gasteiger partial charge in [0, 0.05) is 29.8 Å². The second-order valence-electron chi connectivity index (χ2n) is 5.44. The lowest BCUT2D eigenvalue weighted by Gasteiger charge is -2.33. The van der Waals surface area contributed by atoms with Gasteiger partial charge in [0.15, 0.2) is 0 Å². The van der Waals surface area contributed by atoms with Crippen molar-refractivity contribution in [2.75, 3.05) is 18.4 Å². The Morgan fingerprint density at radius 1 is 1.24 bits per heavy atom. The fraction of sp³-hybridized carbons (Fsp3) is 0.375. The summed E-state index contributed by atoms with van der Waals surface area (Å²) in [6.45, 7) is 3.23. The Morgan fingerprint density at radius 2 is 2.10 bits per heavy atom. The molecule has 5 heteroatoms. The van der Waals surface area contributed by atoms with Crippen molar-refractivity contribution in [1.29, 1.82) is 0 Å². The van der Waals surface area contributed by atoms with Crippen LogP contribution in [-0.4, -0.2) is 34.0 Å². The Bertz CT molecular complexity index is 558. The maximum absolute atomic E-state index is 4.25. The molecule has 0 amide bonds. The zero-order chi connectivity index (χ0) is 14.5. The van der Waals surface area contributed by atoms with Gasteiger partial charge in [0.25, 0.3) is 0 Å². The van der Waals surface area contributed by atoms with Gasteiger partial charge in [-0.3, -0.25) is 4.90 Å². The molecule has 1 aliphatic rings. The van der Waals surface area contributed by atoms with Crippen LogP contribution in [-0.2, 0) is 6.54 Å². The summed E-state index contributed by atoms with van der Waals surface area (Å²) in [6.07, 6.45) is 5.78. The third-order valence-corrected chi connectivity index (χ3v) is 4.29. The van der Waals surface area contributed by atoms with Gasteiger partial charge < -0.3 is 5.32 Å². The first kappa shape index (κ1) is 14.5. The molecule has 4 nitrogen and oxygen atoms in total. The predicted octanol–water partition coefficient (Wildman–Crippen LogP) is 3.32. The molecule has 1 unspecified atom stereocenters. The van der Waals surface area contributed by atoms with E-state index in [1.54, 1.807) is 12.5 Å². The van der Waals surface area contributed by atoms with Gasteiger partial charge in [0.2, 0.25) is 0 Å². The number of hydrogen-bond acceptors (Lipinski definition) is 4. The normalized spacial score (nSPS) is 19.4. The Hall–Kier alpha value is -1.46. The molecule has 0 radical (unpaired) electrons. The lowest BCUT2D eigenvalue weighted by molar-refractivity contribution is 0.208. The van der Waals surface area contributed by atoms with Crippen LogP contribution in [0.2, 0.25) is 0 Å².